The second-order valence-electron chi connectivity index (χ2n) is 3.99. The number of sulfone groups is 1. The van der Waals surface area contributed by atoms with E-state index >= 15 is 0 Å². The maximum Gasteiger partial charge on any atom is 0.154 e. The number of Topliss-reactive ketones (excluding diaryl/α,β-unsaturated/α-hetero) is 1. The van der Waals surface area contributed by atoms with Crippen molar-refractivity contribution >= 4 is 15.6 Å². The molecule has 0 aliphatic carbocycles. The molecule has 0 rings (SSSR count). The predicted molar refractivity (Wildman–Crippen MR) is 59.7 cm³/mol. The second-order valence-corrected chi connectivity index (χ2v) is 6.13. The van der Waals surface area contributed by atoms with Gasteiger partial charge in [-0.3, -0.25) is 4.79 Å². The summed E-state index contributed by atoms with van der Waals surface area (Å²) in [5.41, 5.74) is 0. The van der Waals surface area contributed by atoms with Gasteiger partial charge in [0.2, 0.25) is 0 Å². The van der Waals surface area contributed by atoms with Gasteiger partial charge in [0.05, 0.1) is 6.10 Å². The molecule has 0 heterocycles. The summed E-state index contributed by atoms with van der Waals surface area (Å²) in [5, 5.41) is 0. The van der Waals surface area contributed by atoms with Crippen LogP contribution in [0.1, 0.15) is 33.1 Å². The van der Waals surface area contributed by atoms with Gasteiger partial charge in [-0.1, -0.05) is 0 Å². The average molecular weight is 236 g/mol. The Bertz CT molecular complexity index is 280. The highest BCUT2D eigenvalue weighted by atomic mass is 32.2. The number of rotatable bonds is 8. The van der Waals surface area contributed by atoms with Crippen molar-refractivity contribution in [2.24, 2.45) is 0 Å². The smallest absolute Gasteiger partial charge is 0.154 e. The second kappa shape index (κ2) is 6.95. The predicted octanol–water partition coefficient (Wildman–Crippen LogP) is 1.20. The summed E-state index contributed by atoms with van der Waals surface area (Å²) in [4.78, 5) is 11.1. The van der Waals surface area contributed by atoms with Gasteiger partial charge in [0, 0.05) is 19.3 Å². The van der Waals surface area contributed by atoms with Crippen molar-refractivity contribution in [1.29, 1.82) is 0 Å². The molecule has 0 fully saturated rings. The zero-order chi connectivity index (χ0) is 11.9. The van der Waals surface area contributed by atoms with Crippen molar-refractivity contribution in [1.82, 2.24) is 0 Å². The van der Waals surface area contributed by atoms with E-state index < -0.39 is 9.84 Å². The molecule has 4 nitrogen and oxygen atoms in total. The normalized spacial score (nSPS) is 12.0. The van der Waals surface area contributed by atoms with Crippen LogP contribution in [0, 0.1) is 0 Å². The molecule has 15 heavy (non-hydrogen) atoms. The number of ketones is 1. The van der Waals surface area contributed by atoms with Crippen LogP contribution in [0.4, 0.5) is 0 Å². The lowest BCUT2D eigenvalue weighted by Gasteiger charge is -2.06. The van der Waals surface area contributed by atoms with E-state index in [9.17, 15) is 13.2 Å². The molecule has 90 valence electrons. The van der Waals surface area contributed by atoms with Gasteiger partial charge in [-0.15, -0.1) is 0 Å². The molecule has 0 radical (unpaired) electrons. The number of hydrogen-bond donors (Lipinski definition) is 0. The van der Waals surface area contributed by atoms with Gasteiger partial charge in [0.25, 0.3) is 0 Å². The molecule has 5 heteroatoms. The molecule has 0 aromatic carbocycles. The molecule has 0 aliphatic rings. The summed E-state index contributed by atoms with van der Waals surface area (Å²) in [6, 6.07) is 0. The minimum absolute atomic E-state index is 0.205. The largest absolute Gasteiger partial charge is 0.379 e. The van der Waals surface area contributed by atoms with Gasteiger partial charge in [-0.25, -0.2) is 8.42 Å². The zero-order valence-electron chi connectivity index (χ0n) is 9.65. The minimum Gasteiger partial charge on any atom is -0.379 e. The monoisotopic (exact) mass is 236 g/mol. The Hall–Kier alpha value is -0.420. The van der Waals surface area contributed by atoms with E-state index in [2.05, 4.69) is 0 Å². The topological polar surface area (TPSA) is 60.4 Å². The Kier molecular flexibility index (Phi) is 6.76. The third-order valence-corrected chi connectivity index (χ3v) is 2.57. The number of ether oxygens (including phenoxy) is 1. The molecule has 0 atom stereocenters. The lowest BCUT2D eigenvalue weighted by Crippen LogP contribution is -2.14. The Labute approximate surface area is 91.9 Å². The third-order valence-electron chi connectivity index (χ3n) is 1.72. The van der Waals surface area contributed by atoms with E-state index in [1.165, 1.54) is 0 Å². The van der Waals surface area contributed by atoms with Gasteiger partial charge in [0.15, 0.2) is 9.84 Å². The molecule has 0 aromatic rings. The molecule has 0 saturated carbocycles. The third kappa shape index (κ3) is 11.5. The van der Waals surface area contributed by atoms with Crippen LogP contribution in [-0.2, 0) is 19.4 Å². The van der Waals surface area contributed by atoms with Gasteiger partial charge in [0.1, 0.15) is 11.5 Å². The van der Waals surface area contributed by atoms with E-state index in [0.717, 1.165) is 12.7 Å². The van der Waals surface area contributed by atoms with Crippen LogP contribution >= 0.6 is 0 Å². The van der Waals surface area contributed by atoms with Crippen molar-refractivity contribution in [2.45, 2.75) is 39.2 Å². The van der Waals surface area contributed by atoms with Crippen LogP contribution in [0.15, 0.2) is 0 Å². The summed E-state index contributed by atoms with van der Waals surface area (Å²) < 4.78 is 26.8. The first kappa shape index (κ1) is 14.6. The summed E-state index contributed by atoms with van der Waals surface area (Å²) in [5.74, 6) is -0.542. The molecular formula is C10H20O4S. The van der Waals surface area contributed by atoms with Crippen LogP contribution in [0.25, 0.3) is 0 Å². The first-order valence-corrected chi connectivity index (χ1v) is 7.18. The molecule has 0 amide bonds. The number of hydrogen-bond acceptors (Lipinski definition) is 4. The molecule has 0 aliphatic heterocycles. The van der Waals surface area contributed by atoms with E-state index in [0.29, 0.717) is 19.4 Å². The van der Waals surface area contributed by atoms with Gasteiger partial charge in [-0.05, 0) is 26.7 Å². The standard InChI is InChI=1S/C10H20O4S/c1-9(2)14-7-5-4-6-10(11)8-15(3,12)13/h9H,4-8H2,1-3H3. The van der Waals surface area contributed by atoms with Crippen LogP contribution in [-0.4, -0.2) is 38.9 Å². The first-order valence-electron chi connectivity index (χ1n) is 5.12. The molecule has 0 spiro atoms. The molecular weight excluding hydrogens is 216 g/mol. The van der Waals surface area contributed by atoms with Crippen molar-refractivity contribution < 1.29 is 17.9 Å². The van der Waals surface area contributed by atoms with Crippen molar-refractivity contribution in [3.63, 3.8) is 0 Å². The molecule has 0 saturated heterocycles. The fourth-order valence-electron chi connectivity index (χ4n) is 1.11. The Morgan fingerprint density at radius 2 is 1.87 bits per heavy atom. The Morgan fingerprint density at radius 1 is 1.27 bits per heavy atom. The van der Waals surface area contributed by atoms with E-state index in [4.69, 9.17) is 4.74 Å². The number of unbranched alkanes of at least 4 members (excludes halogenated alkanes) is 1. The number of carbonyl (C=O) groups excluding carboxylic acids is 1. The van der Waals surface area contributed by atoms with Crippen LogP contribution < -0.4 is 0 Å². The van der Waals surface area contributed by atoms with Crippen molar-refractivity contribution in [2.75, 3.05) is 18.6 Å². The van der Waals surface area contributed by atoms with Crippen molar-refractivity contribution in [3.8, 4) is 0 Å². The van der Waals surface area contributed by atoms with Crippen LogP contribution in [0.5, 0.6) is 0 Å². The SMILES string of the molecule is CC(C)OCCCCC(=O)CS(C)(=O)=O. The minimum atomic E-state index is -3.16. The maximum absolute atomic E-state index is 11.1. The lowest BCUT2D eigenvalue weighted by atomic mass is 10.2. The highest BCUT2D eigenvalue weighted by molar-refractivity contribution is 7.91. The molecule has 0 N–H and O–H groups in total. The van der Waals surface area contributed by atoms with Gasteiger partial charge >= 0.3 is 0 Å². The van der Waals surface area contributed by atoms with Crippen LogP contribution in [0.2, 0.25) is 0 Å². The fourth-order valence-corrected chi connectivity index (χ4v) is 1.84. The summed E-state index contributed by atoms with van der Waals surface area (Å²) in [6.45, 7) is 4.54. The fraction of sp³-hybridized carbons (Fsp3) is 0.900. The molecule has 0 bridgehead atoms. The molecule has 0 aromatic heterocycles. The Morgan fingerprint density at radius 3 is 2.33 bits per heavy atom. The van der Waals surface area contributed by atoms with E-state index in [-0.39, 0.29) is 17.6 Å². The van der Waals surface area contributed by atoms with E-state index in [1.54, 1.807) is 0 Å². The first-order chi connectivity index (χ1) is 6.81. The summed E-state index contributed by atoms with van der Waals surface area (Å²) in [6.07, 6.45) is 3.10. The quantitative estimate of drug-likeness (QED) is 0.594. The highest BCUT2D eigenvalue weighted by Crippen LogP contribution is 2.00. The number of carbonyl (C=O) groups is 1. The highest BCUT2D eigenvalue weighted by Gasteiger charge is 2.10. The van der Waals surface area contributed by atoms with Gasteiger partial charge in [-0.2, -0.15) is 0 Å². The Balaban J connectivity index is 3.48. The maximum atomic E-state index is 11.1. The van der Waals surface area contributed by atoms with E-state index in [1.807, 2.05) is 13.8 Å². The summed E-state index contributed by atoms with van der Waals surface area (Å²) in [7, 11) is -3.16. The van der Waals surface area contributed by atoms with Crippen molar-refractivity contribution in [3.05, 3.63) is 0 Å². The molecule has 0 unspecified atom stereocenters. The zero-order valence-corrected chi connectivity index (χ0v) is 10.5. The van der Waals surface area contributed by atoms with Gasteiger partial charge < -0.3 is 4.74 Å². The summed E-state index contributed by atoms with van der Waals surface area (Å²) >= 11 is 0. The average Bonchev–Trinajstić information content (AvgIpc) is 1.99. The lowest BCUT2D eigenvalue weighted by molar-refractivity contribution is -0.116. The van der Waals surface area contributed by atoms with Crippen LogP contribution in [0.3, 0.4) is 0 Å².